The summed E-state index contributed by atoms with van der Waals surface area (Å²) in [5.41, 5.74) is 7.44. The standard InChI is InChI=1S/C46H29NO/c1-2-12-35(13-3-1)47(37-24-26-41-43-27-33-10-4-5-11-34(33)28-44(43)48-45(41)29-37)36-22-19-31(20-23-36)38-15-8-16-42-40(38)25-21-32-18-17-30-9-6-7-14-39(30)46(32)42/h1-29H. The zero-order chi connectivity index (χ0) is 31.6. The van der Waals surface area contributed by atoms with Crippen LogP contribution in [0.4, 0.5) is 17.1 Å². The maximum atomic E-state index is 6.47. The minimum absolute atomic E-state index is 0.880. The topological polar surface area (TPSA) is 16.4 Å². The molecule has 0 saturated heterocycles. The van der Waals surface area contributed by atoms with Gasteiger partial charge in [0.1, 0.15) is 11.2 Å². The number of nitrogens with zero attached hydrogens (tertiary/aromatic N) is 1. The number of anilines is 3. The molecule has 0 spiro atoms. The largest absolute Gasteiger partial charge is 0.456 e. The van der Waals surface area contributed by atoms with Crippen molar-refractivity contribution in [1.29, 1.82) is 0 Å². The van der Waals surface area contributed by atoms with Crippen molar-refractivity contribution >= 4 is 82.1 Å². The maximum absolute atomic E-state index is 6.47. The lowest BCUT2D eigenvalue weighted by Gasteiger charge is -2.25. The zero-order valence-corrected chi connectivity index (χ0v) is 26.1. The number of fused-ring (bicyclic) bond motifs is 9. The Morgan fingerprint density at radius 2 is 0.958 bits per heavy atom. The van der Waals surface area contributed by atoms with Crippen LogP contribution < -0.4 is 4.90 Å². The van der Waals surface area contributed by atoms with Crippen molar-refractivity contribution in [1.82, 2.24) is 0 Å². The smallest absolute Gasteiger partial charge is 0.137 e. The molecule has 0 amide bonds. The van der Waals surface area contributed by atoms with E-state index in [-0.39, 0.29) is 0 Å². The van der Waals surface area contributed by atoms with Gasteiger partial charge in [-0.15, -0.1) is 0 Å². The molecule has 224 valence electrons. The van der Waals surface area contributed by atoms with Gasteiger partial charge in [-0.25, -0.2) is 0 Å². The van der Waals surface area contributed by atoms with E-state index >= 15 is 0 Å². The first-order chi connectivity index (χ1) is 23.8. The highest BCUT2D eigenvalue weighted by Gasteiger charge is 2.17. The van der Waals surface area contributed by atoms with Gasteiger partial charge in [-0.2, -0.15) is 0 Å². The molecule has 2 heteroatoms. The number of benzene rings is 9. The van der Waals surface area contributed by atoms with E-state index in [0.717, 1.165) is 39.0 Å². The normalized spacial score (nSPS) is 11.8. The molecule has 10 rings (SSSR count). The molecule has 0 fully saturated rings. The minimum atomic E-state index is 0.880. The second kappa shape index (κ2) is 10.6. The average Bonchev–Trinajstić information content (AvgIpc) is 3.50. The van der Waals surface area contributed by atoms with E-state index in [1.54, 1.807) is 0 Å². The molecular formula is C46H29NO. The summed E-state index contributed by atoms with van der Waals surface area (Å²) in [5, 5.41) is 12.3. The Hall–Kier alpha value is -6.38. The van der Waals surface area contributed by atoms with Crippen LogP contribution in [0.1, 0.15) is 0 Å². The van der Waals surface area contributed by atoms with Crippen molar-refractivity contribution < 1.29 is 4.42 Å². The van der Waals surface area contributed by atoms with Crippen LogP contribution in [0.25, 0.3) is 76.2 Å². The highest BCUT2D eigenvalue weighted by atomic mass is 16.3. The van der Waals surface area contributed by atoms with Gasteiger partial charge in [0.15, 0.2) is 0 Å². The maximum Gasteiger partial charge on any atom is 0.137 e. The highest BCUT2D eigenvalue weighted by molar-refractivity contribution is 6.22. The van der Waals surface area contributed by atoms with E-state index in [1.807, 2.05) is 0 Å². The fraction of sp³-hybridized carbons (Fsp3) is 0. The summed E-state index contributed by atoms with van der Waals surface area (Å²) in [6, 6.07) is 63.3. The monoisotopic (exact) mass is 611 g/mol. The Morgan fingerprint density at radius 3 is 1.81 bits per heavy atom. The van der Waals surface area contributed by atoms with Gasteiger partial charge in [-0.05, 0) is 103 Å². The highest BCUT2D eigenvalue weighted by Crippen LogP contribution is 2.41. The Balaban J connectivity index is 1.09. The summed E-state index contributed by atoms with van der Waals surface area (Å²) in [6.07, 6.45) is 0. The van der Waals surface area contributed by atoms with E-state index in [4.69, 9.17) is 4.42 Å². The van der Waals surface area contributed by atoms with Gasteiger partial charge < -0.3 is 9.32 Å². The van der Waals surface area contributed by atoms with Crippen LogP contribution in [-0.4, -0.2) is 0 Å². The molecule has 0 aliphatic carbocycles. The lowest BCUT2D eigenvalue weighted by atomic mass is 9.92. The van der Waals surface area contributed by atoms with Crippen molar-refractivity contribution in [3.63, 3.8) is 0 Å². The first kappa shape index (κ1) is 26.8. The first-order valence-electron chi connectivity index (χ1n) is 16.4. The van der Waals surface area contributed by atoms with Crippen LogP contribution in [0.2, 0.25) is 0 Å². The molecule has 1 aromatic heterocycles. The SMILES string of the molecule is c1ccc(N(c2ccc(-c3cccc4c3ccc3ccc5ccccc5c34)cc2)c2ccc3c(c2)oc2cc4ccccc4cc23)cc1. The molecule has 0 aliphatic heterocycles. The summed E-state index contributed by atoms with van der Waals surface area (Å²) in [5.74, 6) is 0. The van der Waals surface area contributed by atoms with Gasteiger partial charge in [0.2, 0.25) is 0 Å². The lowest BCUT2D eigenvalue weighted by Crippen LogP contribution is -2.09. The lowest BCUT2D eigenvalue weighted by molar-refractivity contribution is 0.669. The van der Waals surface area contributed by atoms with E-state index in [1.165, 1.54) is 54.2 Å². The molecular weight excluding hydrogens is 583 g/mol. The Labute approximate surface area is 277 Å². The quantitative estimate of drug-likeness (QED) is 0.184. The molecule has 2 nitrogen and oxygen atoms in total. The summed E-state index contributed by atoms with van der Waals surface area (Å²) in [4.78, 5) is 2.30. The number of para-hydroxylation sites is 1. The van der Waals surface area contributed by atoms with Gasteiger partial charge >= 0.3 is 0 Å². The van der Waals surface area contributed by atoms with Gasteiger partial charge in [0.05, 0.1) is 0 Å². The third-order valence-electron chi connectivity index (χ3n) is 9.80. The molecule has 10 aromatic rings. The second-order valence-corrected chi connectivity index (χ2v) is 12.5. The number of rotatable bonds is 4. The molecule has 0 atom stereocenters. The van der Waals surface area contributed by atoms with Gasteiger partial charge in [0, 0.05) is 33.9 Å². The average molecular weight is 612 g/mol. The first-order valence-corrected chi connectivity index (χ1v) is 16.4. The Morgan fingerprint density at radius 1 is 0.333 bits per heavy atom. The molecule has 0 saturated carbocycles. The van der Waals surface area contributed by atoms with Gasteiger partial charge in [0.25, 0.3) is 0 Å². The summed E-state index contributed by atoms with van der Waals surface area (Å²) in [7, 11) is 0. The van der Waals surface area contributed by atoms with Crippen LogP contribution in [0.5, 0.6) is 0 Å². The van der Waals surface area contributed by atoms with Crippen molar-refractivity contribution in [3.05, 3.63) is 176 Å². The van der Waals surface area contributed by atoms with Crippen LogP contribution in [0.3, 0.4) is 0 Å². The Bertz CT molecular complexity index is 2830. The van der Waals surface area contributed by atoms with E-state index in [0.29, 0.717) is 0 Å². The van der Waals surface area contributed by atoms with Crippen molar-refractivity contribution in [3.8, 4) is 11.1 Å². The fourth-order valence-corrected chi connectivity index (χ4v) is 7.52. The van der Waals surface area contributed by atoms with E-state index in [2.05, 4.69) is 181 Å². The molecule has 0 aliphatic rings. The summed E-state index contributed by atoms with van der Waals surface area (Å²) >= 11 is 0. The van der Waals surface area contributed by atoms with Crippen LogP contribution in [0.15, 0.2) is 180 Å². The predicted molar refractivity (Wildman–Crippen MR) is 204 cm³/mol. The molecule has 0 bridgehead atoms. The summed E-state index contributed by atoms with van der Waals surface area (Å²) in [6.45, 7) is 0. The Kier molecular flexibility index (Phi) is 5.91. The number of hydrogen-bond acceptors (Lipinski definition) is 2. The molecule has 0 N–H and O–H groups in total. The summed E-state index contributed by atoms with van der Waals surface area (Å²) < 4.78 is 6.47. The fourth-order valence-electron chi connectivity index (χ4n) is 7.52. The number of furan rings is 1. The van der Waals surface area contributed by atoms with E-state index in [9.17, 15) is 0 Å². The van der Waals surface area contributed by atoms with Crippen LogP contribution in [0, 0.1) is 0 Å². The van der Waals surface area contributed by atoms with Gasteiger partial charge in [-0.1, -0.05) is 121 Å². The molecule has 9 aromatic carbocycles. The molecule has 0 unspecified atom stereocenters. The third-order valence-corrected chi connectivity index (χ3v) is 9.80. The minimum Gasteiger partial charge on any atom is -0.456 e. The zero-order valence-electron chi connectivity index (χ0n) is 26.1. The van der Waals surface area contributed by atoms with E-state index < -0.39 is 0 Å². The van der Waals surface area contributed by atoms with Crippen molar-refractivity contribution in [2.75, 3.05) is 4.90 Å². The predicted octanol–water partition coefficient (Wildman–Crippen LogP) is 13.3. The van der Waals surface area contributed by atoms with Gasteiger partial charge in [-0.3, -0.25) is 0 Å². The van der Waals surface area contributed by atoms with Crippen molar-refractivity contribution in [2.24, 2.45) is 0 Å². The third kappa shape index (κ3) is 4.20. The van der Waals surface area contributed by atoms with Crippen LogP contribution in [-0.2, 0) is 0 Å². The second-order valence-electron chi connectivity index (χ2n) is 12.5. The number of hydrogen-bond donors (Lipinski definition) is 0. The molecule has 1 heterocycles. The molecule has 0 radical (unpaired) electrons. The van der Waals surface area contributed by atoms with Crippen molar-refractivity contribution in [2.45, 2.75) is 0 Å². The van der Waals surface area contributed by atoms with Crippen LogP contribution >= 0.6 is 0 Å². The molecule has 48 heavy (non-hydrogen) atoms.